The molecule has 5 nitrogen and oxygen atoms in total. The molecule has 0 amide bonds. The number of amidine groups is 1. The minimum absolute atomic E-state index is 0.0387. The van der Waals surface area contributed by atoms with E-state index in [9.17, 15) is 0 Å². The van der Waals surface area contributed by atoms with Crippen LogP contribution in [-0.4, -0.2) is 34.6 Å². The van der Waals surface area contributed by atoms with E-state index in [2.05, 4.69) is 21.7 Å². The van der Waals surface area contributed by atoms with Gasteiger partial charge in [0.25, 0.3) is 0 Å². The second-order valence-electron chi connectivity index (χ2n) is 3.91. The number of nitrogens with one attached hydrogen (secondary N) is 1. The van der Waals surface area contributed by atoms with Crippen LogP contribution >= 0.6 is 11.8 Å². The van der Waals surface area contributed by atoms with E-state index >= 15 is 0 Å². The Morgan fingerprint density at radius 1 is 1.56 bits per heavy atom. The van der Waals surface area contributed by atoms with Gasteiger partial charge in [-0.3, -0.25) is 4.98 Å². The van der Waals surface area contributed by atoms with Gasteiger partial charge in [0.15, 0.2) is 5.84 Å². The number of thioether (sulfide) groups is 1. The van der Waals surface area contributed by atoms with Gasteiger partial charge in [-0.05, 0) is 49.1 Å². The second kappa shape index (κ2) is 8.77. The Morgan fingerprint density at radius 3 is 3.11 bits per heavy atom. The number of nitrogens with zero attached hydrogens (tertiary/aromatic N) is 2. The summed E-state index contributed by atoms with van der Waals surface area (Å²) in [6, 6.07) is 3.74. The van der Waals surface area contributed by atoms with Crippen molar-refractivity contribution in [3.8, 4) is 0 Å². The Labute approximate surface area is 112 Å². The molecule has 0 spiro atoms. The maximum atomic E-state index is 8.58. The standard InChI is InChI=1S/C12H20N4OS/c1-18-7-3-2-5-14-9-10-4-6-15-11(8-10)12(13)16-17/h4,6,8,14,17H,2-3,5,7,9H2,1H3,(H2,13,16). The fraction of sp³-hybridized carbons (Fsp3) is 0.500. The Kier molecular flexibility index (Phi) is 7.20. The summed E-state index contributed by atoms with van der Waals surface area (Å²) >= 11 is 1.88. The molecule has 0 bridgehead atoms. The third-order valence-corrected chi connectivity index (χ3v) is 3.17. The van der Waals surface area contributed by atoms with Crippen LogP contribution in [0.2, 0.25) is 0 Å². The van der Waals surface area contributed by atoms with Crippen LogP contribution in [-0.2, 0) is 6.54 Å². The Hall–Kier alpha value is -1.27. The van der Waals surface area contributed by atoms with Gasteiger partial charge in [0.05, 0.1) is 0 Å². The monoisotopic (exact) mass is 268 g/mol. The Balaban J connectivity index is 2.34. The van der Waals surface area contributed by atoms with Crippen molar-refractivity contribution in [2.75, 3.05) is 18.6 Å². The number of hydrogen-bond acceptors (Lipinski definition) is 5. The van der Waals surface area contributed by atoms with Crippen molar-refractivity contribution >= 4 is 17.6 Å². The number of unbranched alkanes of at least 4 members (excludes halogenated alkanes) is 1. The van der Waals surface area contributed by atoms with Crippen LogP contribution in [0.1, 0.15) is 24.1 Å². The van der Waals surface area contributed by atoms with Crippen LogP contribution in [0.3, 0.4) is 0 Å². The molecular weight excluding hydrogens is 248 g/mol. The molecule has 0 aromatic carbocycles. The van der Waals surface area contributed by atoms with Crippen LogP contribution in [0, 0.1) is 0 Å². The molecule has 4 N–H and O–H groups in total. The maximum absolute atomic E-state index is 8.58. The predicted molar refractivity (Wildman–Crippen MR) is 76.1 cm³/mol. The molecule has 1 rings (SSSR count). The molecule has 0 aliphatic rings. The molecule has 1 heterocycles. The number of pyridine rings is 1. The van der Waals surface area contributed by atoms with Crippen LogP contribution < -0.4 is 11.1 Å². The highest BCUT2D eigenvalue weighted by atomic mass is 32.2. The lowest BCUT2D eigenvalue weighted by atomic mass is 10.2. The molecule has 18 heavy (non-hydrogen) atoms. The summed E-state index contributed by atoms with van der Waals surface area (Å²) in [7, 11) is 0. The molecule has 1 aromatic heterocycles. The van der Waals surface area contributed by atoms with E-state index < -0.39 is 0 Å². The van der Waals surface area contributed by atoms with Gasteiger partial charge in [-0.15, -0.1) is 0 Å². The number of rotatable bonds is 8. The predicted octanol–water partition coefficient (Wildman–Crippen LogP) is 1.41. The molecule has 0 unspecified atom stereocenters. The van der Waals surface area contributed by atoms with Gasteiger partial charge in [0.2, 0.25) is 0 Å². The molecule has 0 aliphatic carbocycles. The quantitative estimate of drug-likeness (QED) is 0.218. The highest BCUT2D eigenvalue weighted by Crippen LogP contribution is 2.02. The molecule has 0 atom stereocenters. The molecule has 0 saturated heterocycles. The summed E-state index contributed by atoms with van der Waals surface area (Å²) in [5.41, 5.74) is 7.07. The fourth-order valence-corrected chi connectivity index (χ4v) is 2.00. The zero-order chi connectivity index (χ0) is 13.2. The minimum atomic E-state index is 0.0387. The van der Waals surface area contributed by atoms with Crippen LogP contribution in [0.4, 0.5) is 0 Å². The SMILES string of the molecule is CSCCCCNCc1ccnc(/C(N)=N/O)c1. The third-order valence-electron chi connectivity index (χ3n) is 2.48. The molecule has 0 radical (unpaired) electrons. The van der Waals surface area contributed by atoms with E-state index in [-0.39, 0.29) is 5.84 Å². The highest BCUT2D eigenvalue weighted by Gasteiger charge is 2.01. The van der Waals surface area contributed by atoms with Crippen molar-refractivity contribution in [2.24, 2.45) is 10.9 Å². The topological polar surface area (TPSA) is 83.5 Å². The van der Waals surface area contributed by atoms with Gasteiger partial charge in [-0.25, -0.2) is 0 Å². The first-order valence-corrected chi connectivity index (χ1v) is 7.29. The van der Waals surface area contributed by atoms with Crippen molar-refractivity contribution < 1.29 is 5.21 Å². The van der Waals surface area contributed by atoms with Gasteiger partial charge < -0.3 is 16.3 Å². The first-order valence-electron chi connectivity index (χ1n) is 5.90. The van der Waals surface area contributed by atoms with Gasteiger partial charge in [0.1, 0.15) is 5.69 Å². The molecule has 6 heteroatoms. The highest BCUT2D eigenvalue weighted by molar-refractivity contribution is 7.98. The van der Waals surface area contributed by atoms with E-state index in [1.165, 1.54) is 18.6 Å². The number of nitrogens with two attached hydrogens (primary N) is 1. The van der Waals surface area contributed by atoms with Crippen LogP contribution in [0.25, 0.3) is 0 Å². The second-order valence-corrected chi connectivity index (χ2v) is 4.90. The number of oxime groups is 1. The average molecular weight is 268 g/mol. The molecular formula is C12H20N4OS. The summed E-state index contributed by atoms with van der Waals surface area (Å²) < 4.78 is 0. The van der Waals surface area contributed by atoms with E-state index in [0.717, 1.165) is 18.7 Å². The van der Waals surface area contributed by atoms with E-state index in [1.54, 1.807) is 6.20 Å². The zero-order valence-corrected chi connectivity index (χ0v) is 11.4. The van der Waals surface area contributed by atoms with Gasteiger partial charge in [-0.1, -0.05) is 5.16 Å². The van der Waals surface area contributed by atoms with Gasteiger partial charge in [-0.2, -0.15) is 11.8 Å². The van der Waals surface area contributed by atoms with Gasteiger partial charge in [0, 0.05) is 12.7 Å². The van der Waals surface area contributed by atoms with Crippen molar-refractivity contribution in [1.29, 1.82) is 0 Å². The lowest BCUT2D eigenvalue weighted by Gasteiger charge is -2.06. The first-order chi connectivity index (χ1) is 8.77. The third kappa shape index (κ3) is 5.37. The Morgan fingerprint density at radius 2 is 2.39 bits per heavy atom. The summed E-state index contributed by atoms with van der Waals surface area (Å²) in [6.45, 7) is 1.77. The van der Waals surface area contributed by atoms with Crippen molar-refractivity contribution in [3.05, 3.63) is 29.6 Å². The van der Waals surface area contributed by atoms with E-state index in [0.29, 0.717) is 5.69 Å². The van der Waals surface area contributed by atoms with Crippen LogP contribution in [0.5, 0.6) is 0 Å². The van der Waals surface area contributed by atoms with Crippen LogP contribution in [0.15, 0.2) is 23.5 Å². The fourth-order valence-electron chi connectivity index (χ4n) is 1.50. The van der Waals surface area contributed by atoms with E-state index in [1.807, 2.05) is 23.9 Å². The zero-order valence-electron chi connectivity index (χ0n) is 10.6. The summed E-state index contributed by atoms with van der Waals surface area (Å²) in [5.74, 6) is 1.25. The van der Waals surface area contributed by atoms with Crippen molar-refractivity contribution in [2.45, 2.75) is 19.4 Å². The Bertz CT molecular complexity index is 384. The number of hydrogen-bond donors (Lipinski definition) is 3. The lowest BCUT2D eigenvalue weighted by Crippen LogP contribution is -2.18. The minimum Gasteiger partial charge on any atom is -0.409 e. The molecule has 0 aliphatic heterocycles. The van der Waals surface area contributed by atoms with Crippen molar-refractivity contribution in [3.63, 3.8) is 0 Å². The summed E-state index contributed by atoms with van der Waals surface area (Å²) in [5, 5.41) is 14.9. The van der Waals surface area contributed by atoms with Crippen molar-refractivity contribution in [1.82, 2.24) is 10.3 Å². The maximum Gasteiger partial charge on any atom is 0.188 e. The molecule has 100 valence electrons. The first kappa shape index (κ1) is 14.8. The average Bonchev–Trinajstić information content (AvgIpc) is 2.42. The normalized spacial score (nSPS) is 11.7. The molecule has 0 saturated carbocycles. The van der Waals surface area contributed by atoms with Gasteiger partial charge >= 0.3 is 0 Å². The molecule has 1 aromatic rings. The summed E-state index contributed by atoms with van der Waals surface area (Å²) in [6.07, 6.45) is 6.20. The van der Waals surface area contributed by atoms with E-state index in [4.69, 9.17) is 10.9 Å². The molecule has 0 fully saturated rings. The smallest absolute Gasteiger partial charge is 0.188 e. The summed E-state index contributed by atoms with van der Waals surface area (Å²) in [4.78, 5) is 4.03. The lowest BCUT2D eigenvalue weighted by molar-refractivity contribution is 0.318. The largest absolute Gasteiger partial charge is 0.409 e. The number of aromatic nitrogens is 1.